The molecule has 0 aromatic heterocycles. The molecule has 32 heavy (non-hydrogen) atoms. The Labute approximate surface area is 185 Å². The van der Waals surface area contributed by atoms with Gasteiger partial charge in [0.05, 0.1) is 23.8 Å². The molecule has 1 N–H and O–H groups in total. The van der Waals surface area contributed by atoms with Crippen molar-refractivity contribution in [1.82, 2.24) is 4.90 Å². The predicted octanol–water partition coefficient (Wildman–Crippen LogP) is 3.42. The summed E-state index contributed by atoms with van der Waals surface area (Å²) in [5, 5.41) is 2.62. The molecule has 2 aromatic carbocycles. The van der Waals surface area contributed by atoms with Crippen molar-refractivity contribution in [1.29, 1.82) is 0 Å². The maximum absolute atomic E-state index is 12.9. The average Bonchev–Trinajstić information content (AvgIpc) is 3.07. The molecule has 8 heteroatoms. The number of carbonyl (C=O) groups excluding carboxylic acids is 4. The molecule has 0 radical (unpaired) electrons. The second-order valence-electron chi connectivity index (χ2n) is 7.89. The van der Waals surface area contributed by atoms with Gasteiger partial charge in [0, 0.05) is 17.8 Å². The van der Waals surface area contributed by atoms with Crippen molar-refractivity contribution >= 4 is 29.4 Å². The first kappa shape index (κ1) is 21.5. The lowest BCUT2D eigenvalue weighted by Crippen LogP contribution is -2.40. The summed E-state index contributed by atoms with van der Waals surface area (Å²) in [6, 6.07) is 11.0. The summed E-state index contributed by atoms with van der Waals surface area (Å²) >= 11 is 0. The van der Waals surface area contributed by atoms with E-state index in [0.29, 0.717) is 17.0 Å². The van der Waals surface area contributed by atoms with Crippen LogP contribution in [0.25, 0.3) is 0 Å². The van der Waals surface area contributed by atoms with Gasteiger partial charge in [-0.1, -0.05) is 25.3 Å². The minimum Gasteiger partial charge on any atom is -0.497 e. The van der Waals surface area contributed by atoms with E-state index in [1.807, 2.05) is 0 Å². The fraction of sp³-hybridized carbons (Fsp3) is 0.333. The Balaban J connectivity index is 1.39. The molecule has 0 unspecified atom stereocenters. The Bertz CT molecular complexity index is 1070. The van der Waals surface area contributed by atoms with Crippen LogP contribution < -0.4 is 10.1 Å². The number of nitrogens with zero attached hydrogens (tertiary/aromatic N) is 1. The molecule has 1 fully saturated rings. The van der Waals surface area contributed by atoms with Gasteiger partial charge in [0.2, 0.25) is 0 Å². The molecule has 4 rings (SSSR count). The molecule has 8 nitrogen and oxygen atoms in total. The average molecular weight is 436 g/mol. The maximum atomic E-state index is 12.9. The van der Waals surface area contributed by atoms with Gasteiger partial charge in [-0.3, -0.25) is 19.3 Å². The summed E-state index contributed by atoms with van der Waals surface area (Å²) in [7, 11) is 1.52. The van der Waals surface area contributed by atoms with Crippen LogP contribution in [-0.2, 0) is 9.53 Å². The van der Waals surface area contributed by atoms with Crippen LogP contribution in [0.5, 0.6) is 5.75 Å². The highest BCUT2D eigenvalue weighted by molar-refractivity contribution is 6.22. The van der Waals surface area contributed by atoms with Crippen LogP contribution in [0.2, 0.25) is 0 Å². The minimum atomic E-state index is -0.745. The Hall–Kier alpha value is -3.68. The Morgan fingerprint density at radius 2 is 1.75 bits per heavy atom. The van der Waals surface area contributed by atoms with Crippen molar-refractivity contribution in [3.8, 4) is 5.75 Å². The summed E-state index contributed by atoms with van der Waals surface area (Å²) in [4.78, 5) is 51.5. The zero-order chi connectivity index (χ0) is 22.7. The second kappa shape index (κ2) is 9.21. The van der Waals surface area contributed by atoms with Crippen LogP contribution in [0.1, 0.15) is 63.2 Å². The first-order valence-electron chi connectivity index (χ1n) is 10.6. The molecule has 1 saturated carbocycles. The number of ether oxygens (including phenoxy) is 2. The molecule has 1 heterocycles. The van der Waals surface area contributed by atoms with Gasteiger partial charge < -0.3 is 14.8 Å². The highest BCUT2D eigenvalue weighted by Gasteiger charge is 2.40. The number of esters is 1. The number of fused-ring (bicyclic) bond motifs is 1. The van der Waals surface area contributed by atoms with Gasteiger partial charge in [-0.25, -0.2) is 4.79 Å². The van der Waals surface area contributed by atoms with E-state index in [0.717, 1.165) is 32.1 Å². The van der Waals surface area contributed by atoms with Crippen molar-refractivity contribution in [3.05, 3.63) is 59.2 Å². The third-order valence-electron chi connectivity index (χ3n) is 5.78. The third-order valence-corrected chi connectivity index (χ3v) is 5.78. The first-order valence-corrected chi connectivity index (χ1v) is 10.6. The van der Waals surface area contributed by atoms with Crippen molar-refractivity contribution in [2.24, 2.45) is 0 Å². The number of anilines is 1. The van der Waals surface area contributed by atoms with Crippen molar-refractivity contribution in [3.63, 3.8) is 0 Å². The molecular weight excluding hydrogens is 412 g/mol. The molecule has 1 aliphatic carbocycles. The first-order chi connectivity index (χ1) is 15.5. The fourth-order valence-electron chi connectivity index (χ4n) is 4.17. The molecule has 3 amide bonds. The van der Waals surface area contributed by atoms with Gasteiger partial charge in [-0.05, 0) is 43.2 Å². The number of hydrogen-bond acceptors (Lipinski definition) is 6. The highest BCUT2D eigenvalue weighted by atomic mass is 16.5. The number of nitrogens with one attached hydrogen (secondary N) is 1. The van der Waals surface area contributed by atoms with E-state index in [9.17, 15) is 19.2 Å². The van der Waals surface area contributed by atoms with E-state index >= 15 is 0 Å². The number of carbonyl (C=O) groups is 4. The van der Waals surface area contributed by atoms with Crippen LogP contribution in [0.15, 0.2) is 42.5 Å². The largest absolute Gasteiger partial charge is 0.497 e. The maximum Gasteiger partial charge on any atom is 0.338 e. The Morgan fingerprint density at radius 3 is 2.50 bits per heavy atom. The molecule has 2 aromatic rings. The quantitative estimate of drug-likeness (QED) is 0.550. The van der Waals surface area contributed by atoms with Crippen LogP contribution in [-0.4, -0.2) is 48.3 Å². The predicted molar refractivity (Wildman–Crippen MR) is 116 cm³/mol. The zero-order valence-corrected chi connectivity index (χ0v) is 17.8. The van der Waals surface area contributed by atoms with E-state index in [2.05, 4.69) is 5.32 Å². The van der Waals surface area contributed by atoms with Crippen LogP contribution >= 0.6 is 0 Å². The van der Waals surface area contributed by atoms with Gasteiger partial charge in [0.1, 0.15) is 5.75 Å². The summed E-state index contributed by atoms with van der Waals surface area (Å²) in [6.07, 6.45) is 4.72. The molecule has 1 aliphatic heterocycles. The fourth-order valence-corrected chi connectivity index (χ4v) is 4.17. The third kappa shape index (κ3) is 4.34. The van der Waals surface area contributed by atoms with Crippen LogP contribution in [0.3, 0.4) is 0 Å². The van der Waals surface area contributed by atoms with E-state index in [-0.39, 0.29) is 29.0 Å². The van der Waals surface area contributed by atoms with Gasteiger partial charge in [-0.15, -0.1) is 0 Å². The molecule has 0 bridgehead atoms. The van der Waals surface area contributed by atoms with Crippen LogP contribution in [0.4, 0.5) is 5.69 Å². The normalized spacial score (nSPS) is 16.0. The number of amides is 3. The molecule has 2 aliphatic rings. The van der Waals surface area contributed by atoms with Crippen molar-refractivity contribution in [2.45, 2.75) is 38.1 Å². The lowest BCUT2D eigenvalue weighted by molar-refractivity contribution is -0.119. The number of imide groups is 1. The SMILES string of the molecule is COc1cccc(NC(=O)COC(=O)c2ccc3c(c2)C(=O)N(C2CCCCC2)C3=O)c1. The van der Waals surface area contributed by atoms with E-state index in [1.54, 1.807) is 24.3 Å². The summed E-state index contributed by atoms with van der Waals surface area (Å²) < 4.78 is 10.2. The van der Waals surface area contributed by atoms with Gasteiger partial charge in [0.25, 0.3) is 17.7 Å². The van der Waals surface area contributed by atoms with Gasteiger partial charge in [-0.2, -0.15) is 0 Å². The monoisotopic (exact) mass is 436 g/mol. The Morgan fingerprint density at radius 1 is 1.00 bits per heavy atom. The lowest BCUT2D eigenvalue weighted by Gasteiger charge is -2.29. The number of rotatable bonds is 6. The van der Waals surface area contributed by atoms with E-state index < -0.39 is 18.5 Å². The topological polar surface area (TPSA) is 102 Å². The smallest absolute Gasteiger partial charge is 0.338 e. The Kier molecular flexibility index (Phi) is 6.20. The summed E-state index contributed by atoms with van der Waals surface area (Å²) in [5.41, 5.74) is 1.13. The molecule has 0 spiro atoms. The van der Waals surface area contributed by atoms with Gasteiger partial charge >= 0.3 is 5.97 Å². The molecule has 166 valence electrons. The minimum absolute atomic E-state index is 0.0909. The lowest BCUT2D eigenvalue weighted by atomic mass is 9.94. The summed E-state index contributed by atoms with van der Waals surface area (Å²) in [6.45, 7) is -0.492. The van der Waals surface area contributed by atoms with E-state index in [1.165, 1.54) is 30.2 Å². The van der Waals surface area contributed by atoms with Crippen molar-refractivity contribution in [2.75, 3.05) is 19.0 Å². The summed E-state index contributed by atoms with van der Waals surface area (Å²) in [5.74, 6) is -1.36. The zero-order valence-electron chi connectivity index (χ0n) is 17.8. The van der Waals surface area contributed by atoms with Crippen LogP contribution in [0, 0.1) is 0 Å². The number of benzene rings is 2. The molecule has 0 saturated heterocycles. The number of methoxy groups -OCH3 is 1. The number of hydrogen-bond donors (Lipinski definition) is 1. The van der Waals surface area contributed by atoms with Gasteiger partial charge in [0.15, 0.2) is 6.61 Å². The second-order valence-corrected chi connectivity index (χ2v) is 7.89. The standard InChI is InChI=1S/C24H24N2O6/c1-31-18-9-5-6-16(13-18)25-21(27)14-32-24(30)15-10-11-19-20(12-15)23(29)26(22(19)28)17-7-3-2-4-8-17/h5-6,9-13,17H,2-4,7-8,14H2,1H3,(H,25,27). The van der Waals surface area contributed by atoms with E-state index in [4.69, 9.17) is 9.47 Å². The molecular formula is C24H24N2O6. The highest BCUT2D eigenvalue weighted by Crippen LogP contribution is 2.31. The molecule has 0 atom stereocenters. The van der Waals surface area contributed by atoms with Crippen molar-refractivity contribution < 1.29 is 28.7 Å².